The van der Waals surface area contributed by atoms with Gasteiger partial charge in [-0.25, -0.2) is 5.01 Å². The first-order valence-electron chi connectivity index (χ1n) is 12.4. The van der Waals surface area contributed by atoms with Gasteiger partial charge in [-0.15, -0.1) is 0 Å². The standard InChI is InChI=1S/C25H48N2O/c1-3-5-7-9-11-13-15-17-21-26-27(24-25-20-19-23-28-25)22-18-16-14-12-10-8-6-4-2/h19-20,23,26H,3-18,21-22,24H2,1-2H3. The van der Waals surface area contributed by atoms with E-state index in [4.69, 9.17) is 4.42 Å². The number of rotatable bonds is 21. The Hall–Kier alpha value is -0.800. The van der Waals surface area contributed by atoms with Crippen molar-refractivity contribution in [1.82, 2.24) is 10.4 Å². The average molecular weight is 393 g/mol. The van der Waals surface area contributed by atoms with Crippen LogP contribution in [0.3, 0.4) is 0 Å². The van der Waals surface area contributed by atoms with Gasteiger partial charge in [0.15, 0.2) is 0 Å². The maximum atomic E-state index is 5.56. The third kappa shape index (κ3) is 15.2. The zero-order valence-corrected chi connectivity index (χ0v) is 19.0. The smallest absolute Gasteiger partial charge is 0.119 e. The van der Waals surface area contributed by atoms with Gasteiger partial charge in [-0.3, -0.25) is 5.43 Å². The van der Waals surface area contributed by atoms with E-state index in [1.165, 1.54) is 103 Å². The number of nitrogens with zero attached hydrogens (tertiary/aromatic N) is 1. The molecule has 0 bridgehead atoms. The number of nitrogens with one attached hydrogen (secondary N) is 1. The van der Waals surface area contributed by atoms with Crippen molar-refractivity contribution in [3.05, 3.63) is 24.2 Å². The van der Waals surface area contributed by atoms with Crippen LogP contribution in [0.4, 0.5) is 0 Å². The van der Waals surface area contributed by atoms with Gasteiger partial charge in [-0.2, -0.15) is 0 Å². The van der Waals surface area contributed by atoms with Crippen LogP contribution in [-0.2, 0) is 6.54 Å². The van der Waals surface area contributed by atoms with E-state index in [-0.39, 0.29) is 0 Å². The maximum absolute atomic E-state index is 5.56. The van der Waals surface area contributed by atoms with Crippen LogP contribution >= 0.6 is 0 Å². The van der Waals surface area contributed by atoms with Crippen molar-refractivity contribution in [2.45, 2.75) is 123 Å². The molecule has 0 aliphatic rings. The normalized spacial score (nSPS) is 11.5. The van der Waals surface area contributed by atoms with E-state index in [0.717, 1.165) is 25.4 Å². The van der Waals surface area contributed by atoms with E-state index in [9.17, 15) is 0 Å². The molecule has 1 aromatic rings. The molecule has 0 saturated carbocycles. The lowest BCUT2D eigenvalue weighted by Crippen LogP contribution is -2.38. The molecule has 0 radical (unpaired) electrons. The molecule has 0 fully saturated rings. The van der Waals surface area contributed by atoms with Crippen LogP contribution in [0.2, 0.25) is 0 Å². The monoisotopic (exact) mass is 392 g/mol. The first-order chi connectivity index (χ1) is 13.9. The SMILES string of the molecule is CCCCCCCCCCNN(CCCCCCCCCC)Cc1ccco1. The van der Waals surface area contributed by atoms with Crippen molar-refractivity contribution >= 4 is 0 Å². The van der Waals surface area contributed by atoms with Crippen molar-refractivity contribution in [2.75, 3.05) is 13.1 Å². The third-order valence-corrected chi connectivity index (χ3v) is 5.57. The Bertz CT molecular complexity index is 405. The van der Waals surface area contributed by atoms with Crippen molar-refractivity contribution < 1.29 is 4.42 Å². The van der Waals surface area contributed by atoms with Crippen LogP contribution in [0.15, 0.2) is 22.8 Å². The van der Waals surface area contributed by atoms with E-state index in [1.807, 2.05) is 6.07 Å². The van der Waals surface area contributed by atoms with Crippen molar-refractivity contribution in [2.24, 2.45) is 0 Å². The minimum Gasteiger partial charge on any atom is -0.468 e. The first kappa shape index (κ1) is 25.2. The number of hydrogen-bond donors (Lipinski definition) is 1. The number of furan rings is 1. The third-order valence-electron chi connectivity index (χ3n) is 5.57. The Kier molecular flexibility index (Phi) is 17.6. The summed E-state index contributed by atoms with van der Waals surface area (Å²) in [5, 5.41) is 2.37. The van der Waals surface area contributed by atoms with E-state index >= 15 is 0 Å². The van der Waals surface area contributed by atoms with Crippen molar-refractivity contribution in [3.8, 4) is 0 Å². The molecule has 164 valence electrons. The number of unbranched alkanes of at least 4 members (excludes halogenated alkanes) is 14. The summed E-state index contributed by atoms with van der Waals surface area (Å²) in [4.78, 5) is 0. The van der Waals surface area contributed by atoms with Crippen molar-refractivity contribution in [3.63, 3.8) is 0 Å². The Morgan fingerprint density at radius 3 is 1.79 bits per heavy atom. The molecule has 28 heavy (non-hydrogen) atoms. The van der Waals surface area contributed by atoms with Crippen LogP contribution in [0.25, 0.3) is 0 Å². The predicted octanol–water partition coefficient (Wildman–Crippen LogP) is 7.87. The van der Waals surface area contributed by atoms with Crippen molar-refractivity contribution in [1.29, 1.82) is 0 Å². The minimum atomic E-state index is 0.876. The van der Waals surface area contributed by atoms with Gasteiger partial charge < -0.3 is 4.42 Å². The second-order valence-corrected chi connectivity index (χ2v) is 8.36. The summed E-state index contributed by atoms with van der Waals surface area (Å²) in [6.45, 7) is 7.65. The van der Waals surface area contributed by atoms with Gasteiger partial charge in [0.1, 0.15) is 5.76 Å². The second kappa shape index (κ2) is 19.5. The molecule has 1 rings (SSSR count). The highest BCUT2D eigenvalue weighted by molar-refractivity contribution is 4.97. The van der Waals surface area contributed by atoms with Crippen LogP contribution < -0.4 is 5.43 Å². The fourth-order valence-electron chi connectivity index (χ4n) is 3.74. The van der Waals surface area contributed by atoms with Crippen LogP contribution in [-0.4, -0.2) is 18.1 Å². The van der Waals surface area contributed by atoms with Gasteiger partial charge in [-0.05, 0) is 25.0 Å². The maximum Gasteiger partial charge on any atom is 0.119 e. The van der Waals surface area contributed by atoms with E-state index in [2.05, 4.69) is 30.3 Å². The van der Waals surface area contributed by atoms with Crippen LogP contribution in [0.5, 0.6) is 0 Å². The Morgan fingerprint density at radius 1 is 0.714 bits per heavy atom. The highest BCUT2D eigenvalue weighted by atomic mass is 16.3. The molecular weight excluding hydrogens is 344 g/mol. The summed E-state index contributed by atoms with van der Waals surface area (Å²) >= 11 is 0. The van der Waals surface area contributed by atoms with Crippen LogP contribution in [0.1, 0.15) is 122 Å². The molecule has 0 unspecified atom stereocenters. The number of hydrazine groups is 1. The fourth-order valence-corrected chi connectivity index (χ4v) is 3.74. The van der Waals surface area contributed by atoms with Gasteiger partial charge in [-0.1, -0.05) is 104 Å². The topological polar surface area (TPSA) is 28.4 Å². The molecule has 0 saturated heterocycles. The predicted molar refractivity (Wildman–Crippen MR) is 122 cm³/mol. The molecule has 0 aliphatic carbocycles. The molecule has 3 nitrogen and oxygen atoms in total. The molecule has 0 amide bonds. The van der Waals surface area contributed by atoms with Gasteiger partial charge in [0.05, 0.1) is 12.8 Å². The quantitative estimate of drug-likeness (QED) is 0.170. The number of hydrogen-bond acceptors (Lipinski definition) is 3. The fraction of sp³-hybridized carbons (Fsp3) is 0.840. The first-order valence-corrected chi connectivity index (χ1v) is 12.4. The summed E-state index contributed by atoms with van der Waals surface area (Å²) in [5.41, 5.74) is 3.66. The molecule has 1 heterocycles. The van der Waals surface area contributed by atoms with Crippen LogP contribution in [0, 0.1) is 0 Å². The Morgan fingerprint density at radius 2 is 1.25 bits per heavy atom. The lowest BCUT2D eigenvalue weighted by Gasteiger charge is -2.22. The molecule has 0 atom stereocenters. The zero-order valence-electron chi connectivity index (χ0n) is 19.0. The Labute approximate surface area is 175 Å². The lowest BCUT2D eigenvalue weighted by molar-refractivity contribution is 0.159. The molecule has 0 aliphatic heterocycles. The lowest BCUT2D eigenvalue weighted by atomic mass is 10.1. The minimum absolute atomic E-state index is 0.876. The molecule has 1 aromatic heterocycles. The van der Waals surface area contributed by atoms with Gasteiger partial charge in [0, 0.05) is 13.1 Å². The molecule has 0 aromatic carbocycles. The van der Waals surface area contributed by atoms with E-state index in [1.54, 1.807) is 6.26 Å². The van der Waals surface area contributed by atoms with Gasteiger partial charge in [0.2, 0.25) is 0 Å². The zero-order chi connectivity index (χ0) is 20.1. The highest BCUT2D eigenvalue weighted by Crippen LogP contribution is 2.11. The van der Waals surface area contributed by atoms with Gasteiger partial charge in [0.25, 0.3) is 0 Å². The highest BCUT2D eigenvalue weighted by Gasteiger charge is 2.07. The average Bonchev–Trinajstić information content (AvgIpc) is 3.21. The molecular formula is C25H48N2O. The summed E-state index contributed by atoms with van der Waals surface area (Å²) in [5.74, 6) is 1.06. The molecule has 3 heteroatoms. The summed E-state index contributed by atoms with van der Waals surface area (Å²) in [6.07, 6.45) is 23.8. The summed E-state index contributed by atoms with van der Waals surface area (Å²) < 4.78 is 5.56. The summed E-state index contributed by atoms with van der Waals surface area (Å²) in [7, 11) is 0. The van der Waals surface area contributed by atoms with Gasteiger partial charge >= 0.3 is 0 Å². The summed E-state index contributed by atoms with van der Waals surface area (Å²) in [6, 6.07) is 4.07. The van der Waals surface area contributed by atoms with E-state index in [0.29, 0.717) is 0 Å². The largest absolute Gasteiger partial charge is 0.468 e. The molecule has 1 N–H and O–H groups in total. The Balaban J connectivity index is 2.09. The van der Waals surface area contributed by atoms with E-state index < -0.39 is 0 Å². The molecule has 0 spiro atoms. The second-order valence-electron chi connectivity index (χ2n) is 8.36.